The molecule has 2 rings (SSSR count). The first-order valence-electron chi connectivity index (χ1n) is 5.62. The number of H-pyrrole nitrogens is 1. The molecule has 0 fully saturated rings. The summed E-state index contributed by atoms with van der Waals surface area (Å²) < 4.78 is 27.9. The Hall–Kier alpha value is -0.900. The van der Waals surface area contributed by atoms with E-state index in [0.29, 0.717) is 21.1 Å². The van der Waals surface area contributed by atoms with Crippen LogP contribution in [0.15, 0.2) is 38.4 Å². The molecule has 2 aromatic rings. The van der Waals surface area contributed by atoms with E-state index in [4.69, 9.17) is 5.73 Å². The highest BCUT2D eigenvalue weighted by Crippen LogP contribution is 2.32. The molecular weight excluding hydrogens is 412 g/mol. The van der Waals surface area contributed by atoms with Crippen molar-refractivity contribution >= 4 is 47.6 Å². The molecule has 0 aliphatic heterocycles. The number of anilines is 1. The Morgan fingerprint density at radius 2 is 1.95 bits per heavy atom. The van der Waals surface area contributed by atoms with Gasteiger partial charge in [-0.3, -0.25) is 0 Å². The largest absolute Gasteiger partial charge is 0.399 e. The maximum atomic E-state index is 12.3. The average Bonchev–Trinajstić information content (AvgIpc) is 2.79. The van der Waals surface area contributed by atoms with Crippen molar-refractivity contribution in [2.45, 2.75) is 11.3 Å². The lowest BCUT2D eigenvalue weighted by molar-refractivity contribution is 0.580. The molecule has 0 aliphatic rings. The number of aromatic amines is 1. The van der Waals surface area contributed by atoms with Crippen LogP contribution in [0.2, 0.25) is 0 Å². The predicted octanol–water partition coefficient (Wildman–Crippen LogP) is 2.04. The molecule has 108 valence electrons. The lowest BCUT2D eigenvalue weighted by Gasteiger charge is -2.10. The number of nitrogens with one attached hydrogen (secondary N) is 2. The van der Waals surface area contributed by atoms with E-state index in [1.807, 2.05) is 0 Å². The van der Waals surface area contributed by atoms with E-state index in [1.165, 1.54) is 0 Å². The lowest BCUT2D eigenvalue weighted by atomic mass is 10.3. The van der Waals surface area contributed by atoms with Gasteiger partial charge < -0.3 is 10.7 Å². The first-order chi connectivity index (χ1) is 9.40. The molecule has 0 atom stereocenters. The standard InChI is InChI=1S/C11H12Br2N4O2S/c12-8-5-7(14)6-9(13)11(8)20(18,19)17-2-1-10-15-3-4-16-10/h3-6,17H,1-2,14H2,(H,15,16). The van der Waals surface area contributed by atoms with Gasteiger partial charge in [-0.05, 0) is 44.0 Å². The lowest BCUT2D eigenvalue weighted by Crippen LogP contribution is -2.27. The first kappa shape index (κ1) is 15.5. The number of imidazole rings is 1. The van der Waals surface area contributed by atoms with Crippen molar-refractivity contribution in [3.63, 3.8) is 0 Å². The molecule has 0 amide bonds. The van der Waals surface area contributed by atoms with Gasteiger partial charge in [0.05, 0.1) is 0 Å². The van der Waals surface area contributed by atoms with Crippen molar-refractivity contribution < 1.29 is 8.42 Å². The zero-order valence-electron chi connectivity index (χ0n) is 10.2. The summed E-state index contributed by atoms with van der Waals surface area (Å²) in [5.41, 5.74) is 6.12. The number of hydrogen-bond donors (Lipinski definition) is 3. The van der Waals surface area contributed by atoms with Crippen LogP contribution in [0.4, 0.5) is 5.69 Å². The summed E-state index contributed by atoms with van der Waals surface area (Å²) in [6.07, 6.45) is 3.80. The fourth-order valence-corrected chi connectivity index (χ4v) is 5.29. The molecule has 0 saturated carbocycles. The highest BCUT2D eigenvalue weighted by atomic mass is 79.9. The van der Waals surface area contributed by atoms with Crippen LogP contribution in [0, 0.1) is 0 Å². The SMILES string of the molecule is Nc1cc(Br)c(S(=O)(=O)NCCc2ncc[nH]2)c(Br)c1. The van der Waals surface area contributed by atoms with Crippen molar-refractivity contribution in [1.29, 1.82) is 0 Å². The second-order valence-electron chi connectivity index (χ2n) is 4.00. The number of nitrogen functional groups attached to an aromatic ring is 1. The first-order valence-corrected chi connectivity index (χ1v) is 8.69. The molecule has 6 nitrogen and oxygen atoms in total. The molecule has 4 N–H and O–H groups in total. The molecule has 0 saturated heterocycles. The van der Waals surface area contributed by atoms with Crippen LogP contribution in [0.3, 0.4) is 0 Å². The molecule has 1 heterocycles. The molecule has 0 spiro atoms. The minimum Gasteiger partial charge on any atom is -0.399 e. The zero-order valence-corrected chi connectivity index (χ0v) is 14.2. The van der Waals surface area contributed by atoms with Crippen LogP contribution in [0.5, 0.6) is 0 Å². The van der Waals surface area contributed by atoms with Crippen molar-refractivity contribution in [3.8, 4) is 0 Å². The van der Waals surface area contributed by atoms with Gasteiger partial charge in [0, 0.05) is 40.0 Å². The number of nitrogens with two attached hydrogens (primary N) is 1. The van der Waals surface area contributed by atoms with Gasteiger partial charge in [-0.15, -0.1) is 0 Å². The van der Waals surface area contributed by atoms with Gasteiger partial charge in [0.1, 0.15) is 10.7 Å². The Morgan fingerprint density at radius 3 is 2.50 bits per heavy atom. The smallest absolute Gasteiger partial charge is 0.242 e. The van der Waals surface area contributed by atoms with Gasteiger partial charge in [0.25, 0.3) is 0 Å². The minimum absolute atomic E-state index is 0.131. The zero-order chi connectivity index (χ0) is 14.8. The molecule has 0 aliphatic carbocycles. The van der Waals surface area contributed by atoms with E-state index < -0.39 is 10.0 Å². The topological polar surface area (TPSA) is 101 Å². The highest BCUT2D eigenvalue weighted by molar-refractivity contribution is 9.11. The molecule has 1 aromatic heterocycles. The minimum atomic E-state index is -3.63. The summed E-state index contributed by atoms with van der Waals surface area (Å²) in [6.45, 7) is 0.249. The van der Waals surface area contributed by atoms with E-state index in [0.717, 1.165) is 5.82 Å². The normalized spacial score (nSPS) is 11.7. The van der Waals surface area contributed by atoms with Crippen LogP contribution in [-0.2, 0) is 16.4 Å². The third-order valence-electron chi connectivity index (χ3n) is 2.50. The summed E-state index contributed by atoms with van der Waals surface area (Å²) in [4.78, 5) is 7.07. The van der Waals surface area contributed by atoms with Gasteiger partial charge in [-0.25, -0.2) is 18.1 Å². The number of benzene rings is 1. The summed E-state index contributed by atoms with van der Waals surface area (Å²) in [5, 5.41) is 0. The number of rotatable bonds is 5. The van der Waals surface area contributed by atoms with E-state index in [9.17, 15) is 8.42 Å². The molecule has 20 heavy (non-hydrogen) atoms. The van der Waals surface area contributed by atoms with Gasteiger partial charge >= 0.3 is 0 Å². The third kappa shape index (κ3) is 3.60. The Bertz CT molecular complexity index is 678. The quantitative estimate of drug-likeness (QED) is 0.640. The number of nitrogens with zero attached hydrogens (tertiary/aromatic N) is 1. The molecule has 0 bridgehead atoms. The number of halogens is 2. The van der Waals surface area contributed by atoms with Crippen molar-refractivity contribution in [1.82, 2.24) is 14.7 Å². The van der Waals surface area contributed by atoms with E-state index in [-0.39, 0.29) is 11.4 Å². The van der Waals surface area contributed by atoms with Crippen LogP contribution in [-0.4, -0.2) is 24.9 Å². The van der Waals surface area contributed by atoms with Crippen molar-refractivity contribution in [2.24, 2.45) is 0 Å². The maximum Gasteiger partial charge on any atom is 0.242 e. The van der Waals surface area contributed by atoms with Crippen molar-refractivity contribution in [2.75, 3.05) is 12.3 Å². The second-order valence-corrected chi connectivity index (χ2v) is 7.41. The summed E-state index contributed by atoms with van der Waals surface area (Å²) >= 11 is 6.43. The highest BCUT2D eigenvalue weighted by Gasteiger charge is 2.21. The number of aromatic nitrogens is 2. The van der Waals surface area contributed by atoms with Gasteiger partial charge in [-0.2, -0.15) is 0 Å². The Kier molecular flexibility index (Phi) is 4.84. The Morgan fingerprint density at radius 1 is 1.30 bits per heavy atom. The Balaban J connectivity index is 2.14. The molecular formula is C11H12Br2N4O2S. The van der Waals surface area contributed by atoms with Gasteiger partial charge in [0.2, 0.25) is 10.0 Å². The maximum absolute atomic E-state index is 12.3. The van der Waals surface area contributed by atoms with Crippen LogP contribution >= 0.6 is 31.9 Å². The van der Waals surface area contributed by atoms with E-state index in [2.05, 4.69) is 46.5 Å². The monoisotopic (exact) mass is 422 g/mol. The number of hydrogen-bond acceptors (Lipinski definition) is 4. The van der Waals surface area contributed by atoms with E-state index >= 15 is 0 Å². The summed E-state index contributed by atoms with van der Waals surface area (Å²) in [5.74, 6) is 0.725. The van der Waals surface area contributed by atoms with Crippen molar-refractivity contribution in [3.05, 3.63) is 39.3 Å². The third-order valence-corrected chi connectivity index (χ3v) is 5.84. The van der Waals surface area contributed by atoms with Gasteiger partial charge in [0.15, 0.2) is 0 Å². The predicted molar refractivity (Wildman–Crippen MR) is 83.7 cm³/mol. The van der Waals surface area contributed by atoms with Crippen LogP contribution in [0.1, 0.15) is 5.82 Å². The van der Waals surface area contributed by atoms with Crippen LogP contribution < -0.4 is 10.5 Å². The molecule has 0 radical (unpaired) electrons. The number of sulfonamides is 1. The van der Waals surface area contributed by atoms with E-state index in [1.54, 1.807) is 24.5 Å². The summed E-state index contributed by atoms with van der Waals surface area (Å²) in [7, 11) is -3.63. The van der Waals surface area contributed by atoms with Crippen LogP contribution in [0.25, 0.3) is 0 Å². The second kappa shape index (κ2) is 6.25. The average molecular weight is 424 g/mol. The fraction of sp³-hybridized carbons (Fsp3) is 0.182. The molecule has 9 heteroatoms. The fourth-order valence-electron chi connectivity index (χ4n) is 1.65. The van der Waals surface area contributed by atoms with Gasteiger partial charge in [-0.1, -0.05) is 0 Å². The summed E-state index contributed by atoms with van der Waals surface area (Å²) in [6, 6.07) is 3.09. The Labute approximate surface area is 133 Å². The molecule has 0 unspecified atom stereocenters. The molecule has 1 aromatic carbocycles.